The predicted octanol–water partition coefficient (Wildman–Crippen LogP) is 3.46. The van der Waals surface area contributed by atoms with Crippen LogP contribution >= 0.6 is 22.9 Å². The van der Waals surface area contributed by atoms with Crippen molar-refractivity contribution in [1.29, 1.82) is 0 Å². The van der Waals surface area contributed by atoms with Crippen molar-refractivity contribution in [2.45, 2.75) is 26.4 Å². The zero-order valence-corrected chi connectivity index (χ0v) is 12.9. The average Bonchev–Trinajstić information content (AvgIpc) is 2.95. The fourth-order valence-corrected chi connectivity index (χ4v) is 2.85. The smallest absolute Gasteiger partial charge is 0.234 e. The molecule has 20 heavy (non-hydrogen) atoms. The van der Waals surface area contributed by atoms with Crippen molar-refractivity contribution in [2.24, 2.45) is 0 Å². The Balaban J connectivity index is 1.91. The molecule has 2 aromatic heterocycles. The van der Waals surface area contributed by atoms with E-state index >= 15 is 0 Å². The van der Waals surface area contributed by atoms with Gasteiger partial charge < -0.3 is 4.74 Å². The van der Waals surface area contributed by atoms with Crippen LogP contribution in [0.2, 0.25) is 5.02 Å². The standard InChI is InChI=1S/C13H13ClN4OS/c1-8-15-16-12-18(8)17-11(20-12)13(2,3)19-10-6-4-9(14)5-7-10/h4-7H,1-3H3. The highest BCUT2D eigenvalue weighted by Gasteiger charge is 2.28. The Morgan fingerprint density at radius 2 is 1.90 bits per heavy atom. The third-order valence-electron chi connectivity index (χ3n) is 2.85. The summed E-state index contributed by atoms with van der Waals surface area (Å²) in [4.78, 5) is 0.769. The number of benzene rings is 1. The fourth-order valence-electron chi connectivity index (χ4n) is 1.80. The number of aryl methyl sites for hydroxylation is 1. The first kappa shape index (κ1) is 13.3. The van der Waals surface area contributed by atoms with Crippen LogP contribution in [0.5, 0.6) is 5.75 Å². The lowest BCUT2D eigenvalue weighted by molar-refractivity contribution is 0.107. The number of hydrogen-bond acceptors (Lipinski definition) is 5. The quantitative estimate of drug-likeness (QED) is 0.743. The zero-order chi connectivity index (χ0) is 14.3. The van der Waals surface area contributed by atoms with Gasteiger partial charge in [0, 0.05) is 5.02 Å². The molecule has 0 amide bonds. The Labute approximate surface area is 125 Å². The van der Waals surface area contributed by atoms with Gasteiger partial charge in [0.1, 0.15) is 5.75 Å². The largest absolute Gasteiger partial charge is 0.481 e. The average molecular weight is 309 g/mol. The van der Waals surface area contributed by atoms with E-state index in [1.54, 1.807) is 16.6 Å². The van der Waals surface area contributed by atoms with Gasteiger partial charge in [-0.25, -0.2) is 0 Å². The van der Waals surface area contributed by atoms with Gasteiger partial charge in [0.25, 0.3) is 0 Å². The summed E-state index contributed by atoms with van der Waals surface area (Å²) in [7, 11) is 0. The van der Waals surface area contributed by atoms with Crippen LogP contribution in [-0.4, -0.2) is 19.8 Å². The molecule has 1 aromatic carbocycles. The highest BCUT2D eigenvalue weighted by atomic mass is 35.5. The molecule has 0 fully saturated rings. The Morgan fingerprint density at radius 1 is 1.20 bits per heavy atom. The number of nitrogens with zero attached hydrogens (tertiary/aromatic N) is 4. The van der Waals surface area contributed by atoms with E-state index in [1.807, 2.05) is 32.9 Å². The molecule has 0 aliphatic carbocycles. The van der Waals surface area contributed by atoms with Crippen LogP contribution in [0, 0.1) is 6.92 Å². The van der Waals surface area contributed by atoms with Gasteiger partial charge in [-0.15, -0.1) is 10.2 Å². The Morgan fingerprint density at radius 3 is 2.55 bits per heavy atom. The third-order valence-corrected chi connectivity index (χ3v) is 4.30. The second kappa shape index (κ2) is 4.71. The molecule has 3 rings (SSSR count). The first-order chi connectivity index (χ1) is 9.45. The van der Waals surface area contributed by atoms with Crippen LogP contribution in [0.25, 0.3) is 4.96 Å². The molecule has 0 saturated carbocycles. The van der Waals surface area contributed by atoms with Crippen LogP contribution in [0.15, 0.2) is 24.3 Å². The van der Waals surface area contributed by atoms with Crippen molar-refractivity contribution < 1.29 is 4.74 Å². The first-order valence-corrected chi connectivity index (χ1v) is 7.29. The van der Waals surface area contributed by atoms with E-state index in [0.717, 1.165) is 21.5 Å². The molecule has 7 heteroatoms. The molecule has 104 valence electrons. The van der Waals surface area contributed by atoms with E-state index in [-0.39, 0.29) is 0 Å². The van der Waals surface area contributed by atoms with Crippen LogP contribution in [0.4, 0.5) is 0 Å². The number of halogens is 1. The van der Waals surface area contributed by atoms with Gasteiger partial charge in [0.15, 0.2) is 16.4 Å². The van der Waals surface area contributed by atoms with Gasteiger partial charge in [-0.2, -0.15) is 9.61 Å². The maximum absolute atomic E-state index is 6.01. The van der Waals surface area contributed by atoms with E-state index in [9.17, 15) is 0 Å². The van der Waals surface area contributed by atoms with Gasteiger partial charge in [0.05, 0.1) is 0 Å². The van der Waals surface area contributed by atoms with Gasteiger partial charge in [-0.05, 0) is 45.0 Å². The summed E-state index contributed by atoms with van der Waals surface area (Å²) in [5, 5.41) is 14.1. The molecule has 0 unspecified atom stereocenters. The maximum atomic E-state index is 6.01. The number of ether oxygens (including phenoxy) is 1. The molecule has 2 heterocycles. The van der Waals surface area contributed by atoms with E-state index in [4.69, 9.17) is 16.3 Å². The van der Waals surface area contributed by atoms with Gasteiger partial charge in [0.2, 0.25) is 4.96 Å². The molecular weight excluding hydrogens is 296 g/mol. The number of rotatable bonds is 3. The van der Waals surface area contributed by atoms with Crippen molar-refractivity contribution >= 4 is 27.9 Å². The second-order valence-electron chi connectivity index (χ2n) is 4.92. The SMILES string of the molecule is Cc1nnc2sc(C(C)(C)Oc3ccc(Cl)cc3)nn12. The second-order valence-corrected chi connectivity index (χ2v) is 6.31. The number of hydrogen-bond donors (Lipinski definition) is 0. The number of fused-ring (bicyclic) bond motifs is 1. The normalized spacial score (nSPS) is 12.0. The van der Waals surface area contributed by atoms with Crippen LogP contribution in [0.1, 0.15) is 24.7 Å². The molecule has 3 aromatic rings. The molecule has 0 bridgehead atoms. The minimum absolute atomic E-state index is 0.550. The lowest BCUT2D eigenvalue weighted by Gasteiger charge is -2.23. The van der Waals surface area contributed by atoms with Crippen LogP contribution in [0.3, 0.4) is 0 Å². The van der Waals surface area contributed by atoms with Crippen molar-refractivity contribution in [3.8, 4) is 5.75 Å². The zero-order valence-electron chi connectivity index (χ0n) is 11.3. The molecule has 0 saturated heterocycles. The molecule has 0 N–H and O–H groups in total. The molecule has 5 nitrogen and oxygen atoms in total. The van der Waals surface area contributed by atoms with Crippen molar-refractivity contribution in [2.75, 3.05) is 0 Å². The number of aromatic nitrogens is 4. The van der Waals surface area contributed by atoms with E-state index < -0.39 is 5.60 Å². The molecular formula is C13H13ClN4OS. The topological polar surface area (TPSA) is 52.3 Å². The highest BCUT2D eigenvalue weighted by Crippen LogP contribution is 2.31. The van der Waals surface area contributed by atoms with Crippen LogP contribution < -0.4 is 4.74 Å². The minimum atomic E-state index is -0.550. The Hall–Kier alpha value is -1.66. The molecule has 0 atom stereocenters. The van der Waals surface area contributed by atoms with Gasteiger partial charge in [-0.3, -0.25) is 0 Å². The van der Waals surface area contributed by atoms with Crippen LogP contribution in [-0.2, 0) is 5.60 Å². The first-order valence-electron chi connectivity index (χ1n) is 6.09. The molecule has 0 aliphatic rings. The summed E-state index contributed by atoms with van der Waals surface area (Å²) in [6.07, 6.45) is 0. The third kappa shape index (κ3) is 2.36. The molecule has 0 spiro atoms. The van der Waals surface area contributed by atoms with E-state index in [1.165, 1.54) is 11.3 Å². The highest BCUT2D eigenvalue weighted by molar-refractivity contribution is 7.16. The van der Waals surface area contributed by atoms with E-state index in [2.05, 4.69) is 15.3 Å². The van der Waals surface area contributed by atoms with Crippen molar-refractivity contribution in [1.82, 2.24) is 19.8 Å². The van der Waals surface area contributed by atoms with Gasteiger partial charge >= 0.3 is 0 Å². The monoisotopic (exact) mass is 308 g/mol. The van der Waals surface area contributed by atoms with Gasteiger partial charge in [-0.1, -0.05) is 22.9 Å². The van der Waals surface area contributed by atoms with Crippen molar-refractivity contribution in [3.63, 3.8) is 0 Å². The maximum Gasteiger partial charge on any atom is 0.234 e. The summed E-state index contributed by atoms with van der Waals surface area (Å²) >= 11 is 7.35. The predicted molar refractivity (Wildman–Crippen MR) is 78.5 cm³/mol. The summed E-state index contributed by atoms with van der Waals surface area (Å²) in [5.74, 6) is 1.52. The fraction of sp³-hybridized carbons (Fsp3) is 0.308. The molecule has 0 radical (unpaired) electrons. The Kier molecular flexibility index (Phi) is 3.14. The summed E-state index contributed by atoms with van der Waals surface area (Å²) in [6.45, 7) is 5.82. The summed E-state index contributed by atoms with van der Waals surface area (Å²) < 4.78 is 7.74. The lowest BCUT2D eigenvalue weighted by Crippen LogP contribution is -2.25. The summed E-state index contributed by atoms with van der Waals surface area (Å²) in [5.41, 5.74) is -0.550. The van der Waals surface area contributed by atoms with Crippen molar-refractivity contribution in [3.05, 3.63) is 40.1 Å². The lowest BCUT2D eigenvalue weighted by atomic mass is 10.1. The molecule has 0 aliphatic heterocycles. The Bertz CT molecular complexity index is 747. The summed E-state index contributed by atoms with van der Waals surface area (Å²) in [6, 6.07) is 7.29. The minimum Gasteiger partial charge on any atom is -0.481 e. The van der Waals surface area contributed by atoms with E-state index in [0.29, 0.717) is 5.02 Å².